The number of rotatable bonds is 3. The monoisotopic (exact) mass is 388 g/mol. The Morgan fingerprint density at radius 2 is 1.89 bits per heavy atom. The summed E-state index contributed by atoms with van der Waals surface area (Å²) in [6, 6.07) is 0.249. The highest BCUT2D eigenvalue weighted by Gasteiger charge is 2.49. The summed E-state index contributed by atoms with van der Waals surface area (Å²) >= 11 is 0. The lowest BCUT2D eigenvalue weighted by Crippen LogP contribution is -2.57. The number of nitrogens with two attached hydrogens (primary N) is 1. The van der Waals surface area contributed by atoms with Gasteiger partial charge < -0.3 is 20.3 Å². The first-order valence-corrected chi connectivity index (χ1v) is 8.32. The average Bonchev–Trinajstić information content (AvgIpc) is 2.44. The molecule has 0 aromatic carbocycles. The van der Waals surface area contributed by atoms with E-state index in [0.29, 0.717) is 4.90 Å². The standard InChI is InChI=1S/C17H23F3N4O3/c1-16(2,3)27-15(26)24-8-10(9-24)14(25)23(4)13(17(18,19)20)12-6-5-11(21)7-22-12/h5-7,10,13H,8-9,21H2,1-4H3/t13-/m0/s1. The van der Waals surface area contributed by atoms with Crippen LogP contribution in [0.4, 0.5) is 23.7 Å². The zero-order chi connectivity index (χ0) is 20.6. The molecule has 150 valence electrons. The van der Waals surface area contributed by atoms with Crippen LogP contribution in [-0.2, 0) is 9.53 Å². The Morgan fingerprint density at radius 3 is 2.33 bits per heavy atom. The van der Waals surface area contributed by atoms with Crippen LogP contribution in [0.15, 0.2) is 18.3 Å². The molecule has 7 nitrogen and oxygen atoms in total. The fourth-order valence-corrected chi connectivity index (χ4v) is 2.69. The second-order valence-corrected chi connectivity index (χ2v) is 7.49. The van der Waals surface area contributed by atoms with Gasteiger partial charge >= 0.3 is 12.3 Å². The third-order valence-electron chi connectivity index (χ3n) is 4.02. The highest BCUT2D eigenvalue weighted by atomic mass is 19.4. The molecule has 27 heavy (non-hydrogen) atoms. The van der Waals surface area contributed by atoms with Crippen LogP contribution in [0.25, 0.3) is 0 Å². The first kappa shape index (κ1) is 20.8. The Labute approximate surface area is 155 Å². The van der Waals surface area contributed by atoms with Crippen molar-refractivity contribution in [1.82, 2.24) is 14.8 Å². The van der Waals surface area contributed by atoms with Crippen LogP contribution in [0.5, 0.6) is 0 Å². The number of likely N-dealkylation sites (tertiary alicyclic amines) is 1. The summed E-state index contributed by atoms with van der Waals surface area (Å²) < 4.78 is 45.8. The first-order valence-electron chi connectivity index (χ1n) is 8.32. The van der Waals surface area contributed by atoms with Crippen molar-refractivity contribution in [1.29, 1.82) is 0 Å². The van der Waals surface area contributed by atoms with Gasteiger partial charge in [-0.25, -0.2) is 4.79 Å². The Hall–Kier alpha value is -2.52. The molecule has 1 fully saturated rings. The fourth-order valence-electron chi connectivity index (χ4n) is 2.69. The van der Waals surface area contributed by atoms with Gasteiger partial charge in [-0.05, 0) is 32.9 Å². The molecule has 0 saturated carbocycles. The maximum absolute atomic E-state index is 13.5. The maximum Gasteiger partial charge on any atom is 0.414 e. The number of alkyl halides is 3. The number of amides is 2. The summed E-state index contributed by atoms with van der Waals surface area (Å²) in [5, 5.41) is 0. The molecular formula is C17H23F3N4O3. The van der Waals surface area contributed by atoms with Gasteiger partial charge in [0.15, 0.2) is 6.04 Å². The zero-order valence-corrected chi connectivity index (χ0v) is 15.6. The summed E-state index contributed by atoms with van der Waals surface area (Å²) in [5.41, 5.74) is 4.67. The van der Waals surface area contributed by atoms with Crippen LogP contribution in [-0.4, -0.2) is 58.7 Å². The van der Waals surface area contributed by atoms with Crippen LogP contribution >= 0.6 is 0 Å². The molecule has 2 N–H and O–H groups in total. The molecule has 1 aromatic heterocycles. The van der Waals surface area contributed by atoms with Gasteiger partial charge in [-0.3, -0.25) is 9.78 Å². The number of halogens is 3. The molecule has 0 radical (unpaired) electrons. The number of nitrogen functional groups attached to an aromatic ring is 1. The number of ether oxygens (including phenoxy) is 1. The van der Waals surface area contributed by atoms with Crippen molar-refractivity contribution >= 4 is 17.7 Å². The van der Waals surface area contributed by atoms with Crippen molar-refractivity contribution in [3.8, 4) is 0 Å². The normalized spacial score (nSPS) is 16.5. The Bertz CT molecular complexity index is 695. The molecule has 1 atom stereocenters. The van der Waals surface area contributed by atoms with Gasteiger partial charge in [0.25, 0.3) is 0 Å². The maximum atomic E-state index is 13.5. The molecule has 1 saturated heterocycles. The fraction of sp³-hybridized carbons (Fsp3) is 0.588. The lowest BCUT2D eigenvalue weighted by Gasteiger charge is -2.41. The summed E-state index contributed by atoms with van der Waals surface area (Å²) in [4.78, 5) is 30.0. The van der Waals surface area contributed by atoms with E-state index in [1.54, 1.807) is 20.8 Å². The van der Waals surface area contributed by atoms with E-state index in [2.05, 4.69) is 4.98 Å². The number of carbonyl (C=O) groups is 2. The molecule has 2 rings (SSSR count). The van der Waals surface area contributed by atoms with Gasteiger partial charge in [0, 0.05) is 20.1 Å². The number of hydrogen-bond donors (Lipinski definition) is 1. The molecule has 0 bridgehead atoms. The summed E-state index contributed by atoms with van der Waals surface area (Å²) in [6.45, 7) is 5.13. The van der Waals surface area contributed by atoms with E-state index >= 15 is 0 Å². The summed E-state index contributed by atoms with van der Waals surface area (Å²) in [5.74, 6) is -1.43. The number of carbonyl (C=O) groups excluding carboxylic acids is 2. The van der Waals surface area contributed by atoms with Crippen molar-refractivity contribution in [3.05, 3.63) is 24.0 Å². The highest BCUT2D eigenvalue weighted by molar-refractivity contribution is 5.83. The predicted octanol–water partition coefficient (Wildman–Crippen LogP) is 2.59. The number of aromatic nitrogens is 1. The molecular weight excluding hydrogens is 365 g/mol. The molecule has 0 aliphatic carbocycles. The minimum Gasteiger partial charge on any atom is -0.444 e. The van der Waals surface area contributed by atoms with E-state index in [4.69, 9.17) is 10.5 Å². The van der Waals surface area contributed by atoms with Gasteiger partial charge in [0.05, 0.1) is 23.5 Å². The van der Waals surface area contributed by atoms with Crippen molar-refractivity contribution < 1.29 is 27.5 Å². The van der Waals surface area contributed by atoms with E-state index < -0.39 is 35.7 Å². The highest BCUT2D eigenvalue weighted by Crippen LogP contribution is 2.37. The smallest absolute Gasteiger partial charge is 0.414 e. The minimum atomic E-state index is -4.71. The Morgan fingerprint density at radius 1 is 1.30 bits per heavy atom. The molecule has 2 heterocycles. The van der Waals surface area contributed by atoms with Crippen molar-refractivity contribution in [2.45, 2.75) is 38.6 Å². The Kier molecular flexibility index (Phi) is 5.58. The van der Waals surface area contributed by atoms with Crippen molar-refractivity contribution in [2.75, 3.05) is 25.9 Å². The van der Waals surface area contributed by atoms with Gasteiger partial charge in [0.2, 0.25) is 5.91 Å². The van der Waals surface area contributed by atoms with E-state index in [9.17, 15) is 22.8 Å². The molecule has 1 aromatic rings. The van der Waals surface area contributed by atoms with Crippen LogP contribution < -0.4 is 5.73 Å². The number of anilines is 1. The van der Waals surface area contributed by atoms with Crippen molar-refractivity contribution in [3.63, 3.8) is 0 Å². The summed E-state index contributed by atoms with van der Waals surface area (Å²) in [7, 11) is 1.08. The molecule has 1 aliphatic heterocycles. The van der Waals surface area contributed by atoms with Gasteiger partial charge in [-0.2, -0.15) is 13.2 Å². The van der Waals surface area contributed by atoms with Crippen LogP contribution in [0.2, 0.25) is 0 Å². The number of pyridine rings is 1. The van der Waals surface area contributed by atoms with E-state index in [1.807, 2.05) is 0 Å². The van der Waals surface area contributed by atoms with E-state index in [0.717, 1.165) is 19.3 Å². The lowest BCUT2D eigenvalue weighted by molar-refractivity contribution is -0.193. The second kappa shape index (κ2) is 7.24. The predicted molar refractivity (Wildman–Crippen MR) is 91.5 cm³/mol. The molecule has 10 heteroatoms. The lowest BCUT2D eigenvalue weighted by atomic mass is 9.97. The van der Waals surface area contributed by atoms with Crippen LogP contribution in [0.1, 0.15) is 32.5 Å². The minimum absolute atomic E-state index is 0.0117. The number of hydrogen-bond acceptors (Lipinski definition) is 5. The van der Waals surface area contributed by atoms with Crippen LogP contribution in [0, 0.1) is 5.92 Å². The largest absolute Gasteiger partial charge is 0.444 e. The van der Waals surface area contributed by atoms with Gasteiger partial charge in [-0.15, -0.1) is 0 Å². The average molecular weight is 388 g/mol. The van der Waals surface area contributed by atoms with Crippen molar-refractivity contribution in [2.24, 2.45) is 5.92 Å². The molecule has 0 unspecified atom stereocenters. The molecule has 2 amide bonds. The zero-order valence-electron chi connectivity index (χ0n) is 15.6. The number of nitrogens with zero attached hydrogens (tertiary/aromatic N) is 3. The molecule has 0 spiro atoms. The quantitative estimate of drug-likeness (QED) is 0.860. The Balaban J connectivity index is 2.07. The topological polar surface area (TPSA) is 88.8 Å². The SMILES string of the molecule is CN(C(=O)C1CN(C(=O)OC(C)(C)C)C1)[C@@H](c1ccc(N)cn1)C(F)(F)F. The molecule has 1 aliphatic rings. The third-order valence-corrected chi connectivity index (χ3v) is 4.02. The van der Waals surface area contributed by atoms with Gasteiger partial charge in [0.1, 0.15) is 5.60 Å². The van der Waals surface area contributed by atoms with E-state index in [1.165, 1.54) is 11.0 Å². The first-order chi connectivity index (χ1) is 12.3. The van der Waals surface area contributed by atoms with Crippen LogP contribution in [0.3, 0.4) is 0 Å². The second-order valence-electron chi connectivity index (χ2n) is 7.49. The third kappa shape index (κ3) is 5.01. The summed E-state index contributed by atoms with van der Waals surface area (Å²) in [6.07, 6.45) is -4.19. The van der Waals surface area contributed by atoms with E-state index in [-0.39, 0.29) is 24.5 Å². The van der Waals surface area contributed by atoms with Gasteiger partial charge in [-0.1, -0.05) is 0 Å².